The molecular weight excluding hydrogens is 520 g/mol. The Kier molecular flexibility index (Phi) is 7.38. The lowest BCUT2D eigenvalue weighted by Gasteiger charge is -2.37. The number of hydrogen-bond acceptors (Lipinski definition) is 6. The zero-order valence-corrected chi connectivity index (χ0v) is 22.1. The van der Waals surface area contributed by atoms with E-state index in [1.165, 1.54) is 11.3 Å². The molecule has 8 nitrogen and oxygen atoms in total. The maximum Gasteiger partial charge on any atom is 0.255 e. The number of carbonyl (C=O) groups excluding carboxylic acids is 1. The molecule has 2 saturated heterocycles. The number of aromatic amines is 1. The summed E-state index contributed by atoms with van der Waals surface area (Å²) >= 11 is 3.47. The highest BCUT2D eigenvalue weighted by Crippen LogP contribution is 2.22. The van der Waals surface area contributed by atoms with Gasteiger partial charge in [-0.3, -0.25) is 19.5 Å². The third-order valence-corrected chi connectivity index (χ3v) is 7.66. The first kappa shape index (κ1) is 24.5. The van der Waals surface area contributed by atoms with Crippen molar-refractivity contribution >= 4 is 33.5 Å². The van der Waals surface area contributed by atoms with E-state index in [9.17, 15) is 9.59 Å². The van der Waals surface area contributed by atoms with Crippen LogP contribution in [0.1, 0.15) is 21.6 Å². The van der Waals surface area contributed by atoms with Gasteiger partial charge in [0.2, 0.25) is 5.95 Å². The van der Waals surface area contributed by atoms with E-state index < -0.39 is 0 Å². The van der Waals surface area contributed by atoms with Crippen LogP contribution in [0.5, 0.6) is 0 Å². The molecule has 0 unspecified atom stereocenters. The molecule has 36 heavy (non-hydrogen) atoms. The predicted octanol–water partition coefficient (Wildman–Crippen LogP) is 3.13. The molecule has 2 aliphatic heterocycles. The fraction of sp³-hybridized carbons (Fsp3) is 0.370. The van der Waals surface area contributed by atoms with Gasteiger partial charge in [0.25, 0.3) is 11.5 Å². The van der Waals surface area contributed by atoms with Crippen molar-refractivity contribution in [3.05, 3.63) is 86.2 Å². The molecule has 2 aromatic carbocycles. The number of rotatable bonds is 5. The van der Waals surface area contributed by atoms with Gasteiger partial charge in [-0.2, -0.15) is 0 Å². The Morgan fingerprint density at radius 1 is 0.917 bits per heavy atom. The molecule has 2 aliphatic rings. The standard InChI is InChI=1S/C27H31BrN6O2/c1-20-6-2-5-9-24(20)32-12-10-31(11-13-32)19-21-18-25(35)30-27(29-21)34-16-14-33(15-17-34)26(36)22-7-3-4-8-23(22)28/h2-9,18H,10-17,19H2,1H3,(H,29,30,35). The minimum absolute atomic E-state index is 0.0159. The predicted molar refractivity (Wildman–Crippen MR) is 146 cm³/mol. The fourth-order valence-corrected chi connectivity index (χ4v) is 5.40. The second-order valence-electron chi connectivity index (χ2n) is 9.37. The van der Waals surface area contributed by atoms with Crippen LogP contribution < -0.4 is 15.4 Å². The maximum absolute atomic E-state index is 12.9. The van der Waals surface area contributed by atoms with Crippen molar-refractivity contribution in [1.29, 1.82) is 0 Å². The molecule has 5 rings (SSSR count). The number of nitrogens with one attached hydrogen (secondary N) is 1. The summed E-state index contributed by atoms with van der Waals surface area (Å²) in [7, 11) is 0. The molecule has 3 heterocycles. The number of aryl methyl sites for hydroxylation is 1. The lowest BCUT2D eigenvalue weighted by molar-refractivity contribution is 0.0745. The van der Waals surface area contributed by atoms with Crippen LogP contribution in [0.3, 0.4) is 0 Å². The maximum atomic E-state index is 12.9. The van der Waals surface area contributed by atoms with Gasteiger partial charge in [-0.1, -0.05) is 30.3 Å². The zero-order valence-electron chi connectivity index (χ0n) is 20.5. The lowest BCUT2D eigenvalue weighted by Crippen LogP contribution is -2.49. The van der Waals surface area contributed by atoms with Crippen LogP contribution in [0.25, 0.3) is 0 Å². The first-order chi connectivity index (χ1) is 17.5. The number of halogens is 1. The van der Waals surface area contributed by atoms with E-state index in [1.807, 2.05) is 29.2 Å². The number of benzene rings is 2. The minimum Gasteiger partial charge on any atom is -0.369 e. The highest BCUT2D eigenvalue weighted by molar-refractivity contribution is 9.10. The summed E-state index contributed by atoms with van der Waals surface area (Å²) in [5, 5.41) is 0. The first-order valence-electron chi connectivity index (χ1n) is 12.4. The van der Waals surface area contributed by atoms with Gasteiger partial charge in [-0.05, 0) is 46.6 Å². The molecule has 0 aliphatic carbocycles. The smallest absolute Gasteiger partial charge is 0.255 e. The van der Waals surface area contributed by atoms with Gasteiger partial charge >= 0.3 is 0 Å². The van der Waals surface area contributed by atoms with E-state index in [0.29, 0.717) is 44.2 Å². The number of hydrogen-bond donors (Lipinski definition) is 1. The highest BCUT2D eigenvalue weighted by Gasteiger charge is 2.25. The Morgan fingerprint density at radius 2 is 1.58 bits per heavy atom. The molecule has 1 N–H and O–H groups in total. The summed E-state index contributed by atoms with van der Waals surface area (Å²) < 4.78 is 0.802. The zero-order chi connectivity index (χ0) is 25.1. The van der Waals surface area contributed by atoms with E-state index in [1.54, 1.807) is 6.07 Å². The molecule has 2 fully saturated rings. The van der Waals surface area contributed by atoms with E-state index in [-0.39, 0.29) is 11.5 Å². The summed E-state index contributed by atoms with van der Waals surface area (Å²) in [5.74, 6) is 0.603. The lowest BCUT2D eigenvalue weighted by atomic mass is 10.1. The molecule has 0 saturated carbocycles. The van der Waals surface area contributed by atoms with Crippen molar-refractivity contribution in [2.24, 2.45) is 0 Å². The van der Waals surface area contributed by atoms with Gasteiger partial charge < -0.3 is 14.7 Å². The number of carbonyl (C=O) groups is 1. The van der Waals surface area contributed by atoms with Crippen LogP contribution in [0.2, 0.25) is 0 Å². The second kappa shape index (κ2) is 10.8. The van der Waals surface area contributed by atoms with Gasteiger partial charge in [0.05, 0.1) is 11.3 Å². The van der Waals surface area contributed by atoms with Gasteiger partial charge in [-0.25, -0.2) is 4.98 Å². The monoisotopic (exact) mass is 550 g/mol. The van der Waals surface area contributed by atoms with E-state index in [4.69, 9.17) is 4.98 Å². The van der Waals surface area contributed by atoms with Crippen molar-refractivity contribution in [2.75, 3.05) is 62.2 Å². The van der Waals surface area contributed by atoms with Crippen LogP contribution >= 0.6 is 15.9 Å². The molecule has 0 radical (unpaired) electrons. The average molecular weight is 551 g/mol. The molecule has 1 amide bonds. The van der Waals surface area contributed by atoms with Gasteiger partial charge in [0, 0.05) is 75.1 Å². The minimum atomic E-state index is -0.139. The first-order valence-corrected chi connectivity index (χ1v) is 13.2. The molecule has 0 atom stereocenters. The third kappa shape index (κ3) is 5.47. The highest BCUT2D eigenvalue weighted by atomic mass is 79.9. The number of amides is 1. The van der Waals surface area contributed by atoms with E-state index in [2.05, 4.69) is 66.8 Å². The van der Waals surface area contributed by atoms with Gasteiger partial charge in [0.1, 0.15) is 0 Å². The van der Waals surface area contributed by atoms with Crippen molar-refractivity contribution in [3.63, 3.8) is 0 Å². The average Bonchev–Trinajstić information content (AvgIpc) is 2.89. The molecule has 0 spiro atoms. The normalized spacial score (nSPS) is 16.9. The molecule has 188 valence electrons. The number of para-hydroxylation sites is 1. The van der Waals surface area contributed by atoms with Crippen molar-refractivity contribution in [3.8, 4) is 0 Å². The molecule has 1 aromatic heterocycles. The fourth-order valence-electron chi connectivity index (χ4n) is 4.95. The topological polar surface area (TPSA) is 75.8 Å². The summed E-state index contributed by atoms with van der Waals surface area (Å²) in [6, 6.07) is 17.6. The summed E-state index contributed by atoms with van der Waals surface area (Å²) in [6.45, 7) is 8.96. The van der Waals surface area contributed by atoms with Gasteiger partial charge in [-0.15, -0.1) is 0 Å². The number of piperazine rings is 2. The van der Waals surface area contributed by atoms with E-state index >= 15 is 0 Å². The number of nitrogens with zero attached hydrogens (tertiary/aromatic N) is 5. The largest absolute Gasteiger partial charge is 0.369 e. The summed E-state index contributed by atoms with van der Waals surface area (Å²) in [6.07, 6.45) is 0. The Labute approximate surface area is 219 Å². The Bertz CT molecular complexity index is 1280. The number of aromatic nitrogens is 2. The van der Waals surface area contributed by atoms with Crippen LogP contribution in [-0.2, 0) is 6.54 Å². The van der Waals surface area contributed by atoms with Crippen LogP contribution in [0.15, 0.2) is 63.9 Å². The number of H-pyrrole nitrogens is 1. The van der Waals surface area contributed by atoms with Crippen LogP contribution in [0.4, 0.5) is 11.6 Å². The third-order valence-electron chi connectivity index (χ3n) is 6.97. The SMILES string of the molecule is Cc1ccccc1N1CCN(Cc2cc(=O)[nH]c(N3CCN(C(=O)c4ccccc4Br)CC3)n2)CC1. The molecule has 9 heteroatoms. The summed E-state index contributed by atoms with van der Waals surface area (Å²) in [4.78, 5) is 41.7. The summed E-state index contributed by atoms with van der Waals surface area (Å²) in [5.41, 5.74) is 3.91. The van der Waals surface area contributed by atoms with Crippen LogP contribution in [0, 0.1) is 6.92 Å². The van der Waals surface area contributed by atoms with Gasteiger partial charge in [0.15, 0.2) is 0 Å². The quantitative estimate of drug-likeness (QED) is 0.526. The van der Waals surface area contributed by atoms with Crippen LogP contribution in [-0.4, -0.2) is 78.0 Å². The van der Waals surface area contributed by atoms with Crippen molar-refractivity contribution in [2.45, 2.75) is 13.5 Å². The second-order valence-corrected chi connectivity index (χ2v) is 10.2. The number of anilines is 2. The molecular formula is C27H31BrN6O2. The molecule has 3 aromatic rings. The van der Waals surface area contributed by atoms with Crippen molar-refractivity contribution < 1.29 is 4.79 Å². The Balaban J connectivity index is 1.19. The van der Waals surface area contributed by atoms with E-state index in [0.717, 1.165) is 36.3 Å². The Hall–Kier alpha value is -3.17. The molecule has 0 bridgehead atoms. The Morgan fingerprint density at radius 3 is 2.31 bits per heavy atom. The van der Waals surface area contributed by atoms with Crippen molar-refractivity contribution in [1.82, 2.24) is 19.8 Å².